The molecule has 0 heterocycles. The summed E-state index contributed by atoms with van der Waals surface area (Å²) in [7, 11) is 0. The van der Waals surface area contributed by atoms with E-state index >= 15 is 0 Å². The number of carbonyl (C=O) groups is 1. The molecule has 3 heteroatoms. The summed E-state index contributed by atoms with van der Waals surface area (Å²) in [5.41, 5.74) is 1.36. The first-order valence-electron chi connectivity index (χ1n) is 3.75. The molecule has 0 atom stereocenters. The first-order valence-corrected chi connectivity index (χ1v) is 5.31. The van der Waals surface area contributed by atoms with Gasteiger partial charge in [0.05, 0.1) is 0 Å². The minimum absolute atomic E-state index is 0.833. The summed E-state index contributed by atoms with van der Waals surface area (Å²) in [5.74, 6) is -0.833. The van der Waals surface area contributed by atoms with Crippen molar-refractivity contribution in [1.29, 1.82) is 0 Å². The summed E-state index contributed by atoms with van der Waals surface area (Å²) in [6.07, 6.45) is 0. The van der Waals surface area contributed by atoms with Crippen LogP contribution in [0.4, 0.5) is 0 Å². The van der Waals surface area contributed by atoms with Gasteiger partial charge in [0, 0.05) is 6.92 Å². The van der Waals surface area contributed by atoms with Gasteiger partial charge in [-0.3, -0.25) is 4.79 Å². The first kappa shape index (κ1) is 12.3. The Balaban J connectivity index is 0.000000261. The van der Waals surface area contributed by atoms with Crippen LogP contribution in [0.25, 0.3) is 0 Å². The second-order valence-corrected chi connectivity index (χ2v) is 4.48. The molecule has 1 N–H and O–H groups in total. The molecule has 1 aromatic carbocycles. The fourth-order valence-electron chi connectivity index (χ4n) is 0.637. The minimum atomic E-state index is -0.833. The van der Waals surface area contributed by atoms with Crippen LogP contribution in [0.5, 0.6) is 0 Å². The Morgan fingerprint density at radius 2 is 1.67 bits per heavy atom. The third kappa shape index (κ3) is 8.42. The van der Waals surface area contributed by atoms with Gasteiger partial charge in [0.25, 0.3) is 5.97 Å². The first-order chi connectivity index (χ1) is 5.52. The second kappa shape index (κ2) is 6.80. The van der Waals surface area contributed by atoms with Gasteiger partial charge in [-0.2, -0.15) is 0 Å². The molecule has 0 saturated heterocycles. The van der Waals surface area contributed by atoms with E-state index in [2.05, 4.69) is 31.2 Å². The molecule has 1 aromatic rings. The summed E-state index contributed by atoms with van der Waals surface area (Å²) in [4.78, 5) is 9.00. The van der Waals surface area contributed by atoms with Crippen LogP contribution in [0, 0.1) is 6.92 Å². The molecule has 0 amide bonds. The number of hydrogen-bond acceptors (Lipinski definition) is 1. The molecule has 1 rings (SSSR count). The van der Waals surface area contributed by atoms with E-state index < -0.39 is 5.97 Å². The number of aliphatic carboxylic acids is 1. The van der Waals surface area contributed by atoms with Crippen molar-refractivity contribution in [3.63, 3.8) is 0 Å². The van der Waals surface area contributed by atoms with Crippen LogP contribution < -0.4 is -0.342 Å². The van der Waals surface area contributed by atoms with Gasteiger partial charge in [0.2, 0.25) is 0 Å². The summed E-state index contributed by atoms with van der Waals surface area (Å²) in [5, 5.41) is 7.42. The van der Waals surface area contributed by atoms with E-state index in [-0.39, 0.29) is 0 Å². The van der Waals surface area contributed by atoms with Crippen molar-refractivity contribution >= 4 is 54.6 Å². The average molecular weight is 190 g/mol. The number of carboxylic acids is 1. The zero-order chi connectivity index (χ0) is 9.56. The monoisotopic (exact) mass is 190 g/mol. The van der Waals surface area contributed by atoms with Gasteiger partial charge in [-0.25, -0.2) is 0 Å². The van der Waals surface area contributed by atoms with E-state index in [1.807, 2.05) is 0 Å². The van der Waals surface area contributed by atoms with Gasteiger partial charge < -0.3 is 5.11 Å². The van der Waals surface area contributed by atoms with Gasteiger partial charge in [-0.15, -0.1) is 0 Å². The Morgan fingerprint density at radius 3 is 1.92 bits per heavy atom. The van der Waals surface area contributed by atoms with Crippen molar-refractivity contribution in [2.24, 2.45) is 0 Å². The molecule has 60 valence electrons. The third-order valence-corrected chi connectivity index (χ3v) is 2.26. The van der Waals surface area contributed by atoms with Crippen molar-refractivity contribution in [3.05, 3.63) is 29.8 Å². The van der Waals surface area contributed by atoms with Crippen LogP contribution in [0.1, 0.15) is 12.5 Å². The van der Waals surface area contributed by atoms with E-state index in [0.717, 1.165) is 55.9 Å². The number of hydrogen-bond donors (Lipinski definition) is 1. The molecule has 0 fully saturated rings. The Labute approximate surface area is 107 Å². The van der Waals surface area contributed by atoms with Gasteiger partial charge in [0.15, 0.2) is 0 Å². The zero-order valence-corrected chi connectivity index (χ0v) is 10.8. The van der Waals surface area contributed by atoms with E-state index in [1.165, 1.54) is 5.22 Å². The predicted octanol–water partition coefficient (Wildman–Crippen LogP) is 0.880. The molecule has 0 radical (unpaired) electrons. The number of carboxylic acid groups (broad SMARTS) is 1. The zero-order valence-electron chi connectivity index (χ0n) is 7.66. The SMILES string of the molecule is CC(=O)O.Cc1cc[c]([K])cc1. The molecule has 0 bridgehead atoms. The third-order valence-electron chi connectivity index (χ3n) is 1.22. The number of rotatable bonds is 0. The number of benzene rings is 1. The molecule has 0 aliphatic rings. The normalized spacial score (nSPS) is 8.33. The van der Waals surface area contributed by atoms with Crippen LogP contribution in [-0.2, 0) is 4.79 Å². The summed E-state index contributed by atoms with van der Waals surface area (Å²) >= 11 is 0.848. The second-order valence-electron chi connectivity index (χ2n) is 2.67. The summed E-state index contributed by atoms with van der Waals surface area (Å²) < 4.78 is 1.52. The molecule has 2 nitrogen and oxygen atoms in total. The Hall–Kier alpha value is 0.326. The van der Waals surface area contributed by atoms with Crippen LogP contribution in [-0.4, -0.2) is 60.0 Å². The van der Waals surface area contributed by atoms with Crippen molar-refractivity contribution in [2.45, 2.75) is 13.8 Å². The van der Waals surface area contributed by atoms with E-state index in [9.17, 15) is 0 Å². The van der Waals surface area contributed by atoms with Crippen molar-refractivity contribution in [1.82, 2.24) is 0 Å². The summed E-state index contributed by atoms with van der Waals surface area (Å²) in [6, 6.07) is 8.74. The van der Waals surface area contributed by atoms with Crippen molar-refractivity contribution < 1.29 is 9.90 Å². The fraction of sp³-hybridized carbons (Fsp3) is 0.222. The van der Waals surface area contributed by atoms with Gasteiger partial charge in [0.1, 0.15) is 0 Å². The Bertz CT molecular complexity index is 216. The molecule has 0 aromatic heterocycles. The van der Waals surface area contributed by atoms with Gasteiger partial charge in [-0.05, 0) is 0 Å². The van der Waals surface area contributed by atoms with E-state index in [1.54, 1.807) is 0 Å². The Kier molecular flexibility index (Phi) is 6.99. The molecule has 0 spiro atoms. The molecule has 0 unspecified atom stereocenters. The maximum atomic E-state index is 9.00. The van der Waals surface area contributed by atoms with Crippen LogP contribution in [0.3, 0.4) is 0 Å². The Morgan fingerprint density at radius 1 is 1.33 bits per heavy atom. The molecule has 12 heavy (non-hydrogen) atoms. The average Bonchev–Trinajstić information content (AvgIpc) is 1.94. The van der Waals surface area contributed by atoms with Crippen LogP contribution >= 0.6 is 0 Å². The van der Waals surface area contributed by atoms with Gasteiger partial charge in [-0.1, -0.05) is 0 Å². The fourth-order valence-corrected chi connectivity index (χ4v) is 1.16. The van der Waals surface area contributed by atoms with E-state index in [0.29, 0.717) is 0 Å². The van der Waals surface area contributed by atoms with Gasteiger partial charge >= 0.3 is 85.4 Å². The molecular formula is C9H11KO2. The van der Waals surface area contributed by atoms with Crippen LogP contribution in [0.2, 0.25) is 0 Å². The quantitative estimate of drug-likeness (QED) is 0.617. The predicted molar refractivity (Wildman–Crippen MR) is 49.9 cm³/mol. The molecule has 0 aliphatic heterocycles. The van der Waals surface area contributed by atoms with Crippen molar-refractivity contribution in [3.8, 4) is 0 Å². The topological polar surface area (TPSA) is 37.3 Å². The summed E-state index contributed by atoms with van der Waals surface area (Å²) in [6.45, 7) is 3.20. The molecular weight excluding hydrogens is 179 g/mol. The van der Waals surface area contributed by atoms with Crippen LogP contribution in [0.15, 0.2) is 24.3 Å². The molecule has 0 saturated carbocycles. The van der Waals surface area contributed by atoms with Crippen molar-refractivity contribution in [2.75, 3.05) is 0 Å². The molecule has 0 aliphatic carbocycles. The standard InChI is InChI=1S/C7H7.C2H4O2.K/c1-7-5-3-2-4-6-7;1-2(3)4;/h3-6H,1H3;1H3,(H,3,4);. The maximum absolute atomic E-state index is 9.00. The van der Waals surface area contributed by atoms with E-state index in [4.69, 9.17) is 9.90 Å². The number of aryl methyl sites for hydroxylation is 1.